The standard InChI is InChI=1S/C12H11ClFN3O/c1-7-5-8(3-4-10(7)14)18-11-9(13)6-16-12(15-2)17-11/h3-6H,1-2H3,(H,15,16,17). The highest BCUT2D eigenvalue weighted by Crippen LogP contribution is 2.28. The molecule has 94 valence electrons. The molecule has 0 saturated carbocycles. The zero-order valence-electron chi connectivity index (χ0n) is 9.87. The third-order valence-corrected chi connectivity index (χ3v) is 2.54. The van der Waals surface area contributed by atoms with Crippen LogP contribution in [0.5, 0.6) is 11.6 Å². The third-order valence-electron chi connectivity index (χ3n) is 2.28. The molecule has 4 nitrogen and oxygen atoms in total. The number of nitrogens with one attached hydrogen (secondary N) is 1. The molecule has 2 aromatic rings. The zero-order valence-corrected chi connectivity index (χ0v) is 10.6. The lowest BCUT2D eigenvalue weighted by Crippen LogP contribution is -1.98. The highest BCUT2D eigenvalue weighted by molar-refractivity contribution is 6.31. The van der Waals surface area contributed by atoms with Gasteiger partial charge in [-0.2, -0.15) is 4.98 Å². The van der Waals surface area contributed by atoms with Crippen molar-refractivity contribution in [1.82, 2.24) is 9.97 Å². The van der Waals surface area contributed by atoms with E-state index in [4.69, 9.17) is 16.3 Å². The second-order valence-electron chi connectivity index (χ2n) is 3.61. The van der Waals surface area contributed by atoms with Crippen LogP contribution < -0.4 is 10.1 Å². The van der Waals surface area contributed by atoms with Gasteiger partial charge in [0, 0.05) is 7.05 Å². The Labute approximate surface area is 109 Å². The van der Waals surface area contributed by atoms with Crippen LogP contribution in [-0.4, -0.2) is 17.0 Å². The molecular weight excluding hydrogens is 257 g/mol. The van der Waals surface area contributed by atoms with Crippen molar-refractivity contribution in [2.45, 2.75) is 6.92 Å². The lowest BCUT2D eigenvalue weighted by atomic mass is 10.2. The van der Waals surface area contributed by atoms with Gasteiger partial charge in [-0.3, -0.25) is 0 Å². The van der Waals surface area contributed by atoms with E-state index in [1.165, 1.54) is 18.3 Å². The number of hydrogen-bond acceptors (Lipinski definition) is 4. The molecule has 0 radical (unpaired) electrons. The Kier molecular flexibility index (Phi) is 3.62. The van der Waals surface area contributed by atoms with Crippen LogP contribution in [0.25, 0.3) is 0 Å². The van der Waals surface area contributed by atoms with Crippen LogP contribution in [-0.2, 0) is 0 Å². The highest BCUT2D eigenvalue weighted by atomic mass is 35.5. The molecule has 0 aliphatic heterocycles. The van der Waals surface area contributed by atoms with Gasteiger partial charge in [-0.25, -0.2) is 9.37 Å². The summed E-state index contributed by atoms with van der Waals surface area (Å²) < 4.78 is 18.6. The van der Waals surface area contributed by atoms with Gasteiger partial charge in [-0.1, -0.05) is 11.6 Å². The van der Waals surface area contributed by atoms with Crippen LogP contribution in [0.1, 0.15) is 5.56 Å². The summed E-state index contributed by atoms with van der Waals surface area (Å²) in [7, 11) is 1.69. The second kappa shape index (κ2) is 5.18. The quantitative estimate of drug-likeness (QED) is 0.926. The number of nitrogens with zero attached hydrogens (tertiary/aromatic N) is 2. The minimum absolute atomic E-state index is 0.224. The van der Waals surface area contributed by atoms with Crippen LogP contribution in [0, 0.1) is 12.7 Å². The van der Waals surface area contributed by atoms with Crippen molar-refractivity contribution in [2.75, 3.05) is 12.4 Å². The van der Waals surface area contributed by atoms with Crippen molar-refractivity contribution in [1.29, 1.82) is 0 Å². The maximum atomic E-state index is 13.1. The number of benzene rings is 1. The number of halogens is 2. The second-order valence-corrected chi connectivity index (χ2v) is 4.02. The van der Waals surface area contributed by atoms with Gasteiger partial charge in [-0.15, -0.1) is 0 Å². The maximum absolute atomic E-state index is 13.1. The summed E-state index contributed by atoms with van der Waals surface area (Å²) in [5, 5.41) is 3.07. The Bertz CT molecular complexity index is 577. The lowest BCUT2D eigenvalue weighted by molar-refractivity contribution is 0.460. The van der Waals surface area contributed by atoms with Crippen molar-refractivity contribution >= 4 is 17.5 Å². The first-order valence-electron chi connectivity index (χ1n) is 5.24. The zero-order chi connectivity index (χ0) is 13.1. The van der Waals surface area contributed by atoms with Gasteiger partial charge in [0.25, 0.3) is 0 Å². The van der Waals surface area contributed by atoms with E-state index in [0.29, 0.717) is 17.3 Å². The van der Waals surface area contributed by atoms with Crippen LogP contribution >= 0.6 is 11.6 Å². The van der Waals surface area contributed by atoms with Gasteiger partial charge in [0.1, 0.15) is 16.6 Å². The SMILES string of the molecule is CNc1ncc(Cl)c(Oc2ccc(F)c(C)c2)n1. The molecule has 0 amide bonds. The Balaban J connectivity index is 2.30. The average molecular weight is 268 g/mol. The fourth-order valence-corrected chi connectivity index (χ4v) is 1.47. The Hall–Kier alpha value is -1.88. The van der Waals surface area contributed by atoms with E-state index >= 15 is 0 Å². The average Bonchev–Trinajstić information content (AvgIpc) is 2.36. The Morgan fingerprint density at radius 2 is 2.17 bits per heavy atom. The molecule has 0 aliphatic rings. The number of ether oxygens (including phenoxy) is 1. The van der Waals surface area contributed by atoms with E-state index in [-0.39, 0.29) is 16.7 Å². The van der Waals surface area contributed by atoms with Crippen LogP contribution in [0.15, 0.2) is 24.4 Å². The smallest absolute Gasteiger partial charge is 0.243 e. The molecule has 0 bridgehead atoms. The van der Waals surface area contributed by atoms with E-state index in [0.717, 1.165) is 0 Å². The number of aryl methyl sites for hydroxylation is 1. The van der Waals surface area contributed by atoms with Crippen molar-refractivity contribution in [2.24, 2.45) is 0 Å². The van der Waals surface area contributed by atoms with Crippen LogP contribution in [0.4, 0.5) is 10.3 Å². The fraction of sp³-hybridized carbons (Fsp3) is 0.167. The molecule has 1 aromatic heterocycles. The third kappa shape index (κ3) is 2.68. The number of anilines is 1. The molecule has 6 heteroatoms. The molecule has 0 atom stereocenters. The van der Waals surface area contributed by atoms with E-state index in [1.807, 2.05) is 0 Å². The molecule has 0 fully saturated rings. The topological polar surface area (TPSA) is 47.0 Å². The van der Waals surface area contributed by atoms with Gasteiger partial charge in [0.2, 0.25) is 11.8 Å². The molecule has 0 saturated heterocycles. The summed E-state index contributed by atoms with van der Waals surface area (Å²) in [4.78, 5) is 8.00. The summed E-state index contributed by atoms with van der Waals surface area (Å²) in [5.74, 6) is 0.804. The molecule has 1 heterocycles. The van der Waals surface area contributed by atoms with Gasteiger partial charge in [-0.05, 0) is 30.7 Å². The molecule has 1 N–H and O–H groups in total. The summed E-state index contributed by atoms with van der Waals surface area (Å²) in [6.07, 6.45) is 1.44. The van der Waals surface area contributed by atoms with Gasteiger partial charge < -0.3 is 10.1 Å². The predicted octanol–water partition coefficient (Wildman–Crippen LogP) is 3.41. The van der Waals surface area contributed by atoms with Gasteiger partial charge in [0.05, 0.1) is 6.20 Å². The van der Waals surface area contributed by atoms with E-state index in [1.54, 1.807) is 20.0 Å². The van der Waals surface area contributed by atoms with Crippen molar-refractivity contribution in [3.63, 3.8) is 0 Å². The summed E-state index contributed by atoms with van der Waals surface area (Å²) in [6, 6.07) is 4.42. The number of rotatable bonds is 3. The minimum atomic E-state index is -0.285. The molecule has 1 aromatic carbocycles. The summed E-state index contributed by atoms with van der Waals surface area (Å²) in [6.45, 7) is 1.66. The summed E-state index contributed by atoms with van der Waals surface area (Å²) >= 11 is 5.92. The Morgan fingerprint density at radius 1 is 1.39 bits per heavy atom. The van der Waals surface area contributed by atoms with Crippen LogP contribution in [0.2, 0.25) is 5.02 Å². The van der Waals surface area contributed by atoms with Crippen molar-refractivity contribution in [3.05, 3.63) is 40.8 Å². The highest BCUT2D eigenvalue weighted by Gasteiger charge is 2.08. The van der Waals surface area contributed by atoms with Crippen LogP contribution in [0.3, 0.4) is 0 Å². The van der Waals surface area contributed by atoms with Crippen molar-refractivity contribution < 1.29 is 9.13 Å². The maximum Gasteiger partial charge on any atom is 0.243 e. The molecule has 0 spiro atoms. The monoisotopic (exact) mass is 267 g/mol. The van der Waals surface area contributed by atoms with Gasteiger partial charge >= 0.3 is 0 Å². The van der Waals surface area contributed by atoms with E-state index in [9.17, 15) is 4.39 Å². The first-order valence-corrected chi connectivity index (χ1v) is 5.62. The fourth-order valence-electron chi connectivity index (χ4n) is 1.34. The lowest BCUT2D eigenvalue weighted by Gasteiger charge is -2.08. The van der Waals surface area contributed by atoms with E-state index < -0.39 is 0 Å². The van der Waals surface area contributed by atoms with Gasteiger partial charge in [0.15, 0.2) is 0 Å². The molecule has 0 aliphatic carbocycles. The number of aromatic nitrogens is 2. The molecule has 2 rings (SSSR count). The molecule has 18 heavy (non-hydrogen) atoms. The largest absolute Gasteiger partial charge is 0.437 e. The van der Waals surface area contributed by atoms with E-state index in [2.05, 4.69) is 15.3 Å². The normalized spacial score (nSPS) is 10.2. The summed E-state index contributed by atoms with van der Waals surface area (Å²) in [5.41, 5.74) is 0.492. The molecular formula is C12H11ClFN3O. The predicted molar refractivity (Wildman–Crippen MR) is 67.8 cm³/mol. The first-order chi connectivity index (χ1) is 8.60. The number of hydrogen-bond donors (Lipinski definition) is 1. The first kappa shape index (κ1) is 12.6. The Morgan fingerprint density at radius 3 is 2.83 bits per heavy atom. The minimum Gasteiger partial charge on any atom is -0.437 e. The molecule has 0 unspecified atom stereocenters. The van der Waals surface area contributed by atoms with Crippen molar-refractivity contribution in [3.8, 4) is 11.6 Å².